The average Bonchev–Trinajstić information content (AvgIpc) is 2.77. The molecule has 2 aliphatic rings. The Morgan fingerprint density at radius 3 is 2.64 bits per heavy atom. The zero-order valence-electron chi connectivity index (χ0n) is 9.56. The van der Waals surface area contributed by atoms with E-state index < -0.39 is 0 Å². The van der Waals surface area contributed by atoms with Gasteiger partial charge in [0, 0.05) is 5.88 Å². The van der Waals surface area contributed by atoms with Crippen LogP contribution >= 0.6 is 11.6 Å². The van der Waals surface area contributed by atoms with Crippen molar-refractivity contribution in [2.24, 2.45) is 23.2 Å². The Morgan fingerprint density at radius 1 is 1.43 bits per heavy atom. The van der Waals surface area contributed by atoms with Gasteiger partial charge in [-0.05, 0) is 42.4 Å². The maximum Gasteiger partial charge on any atom is 0.0285 e. The Hall–Kier alpha value is 0.290. The van der Waals surface area contributed by atoms with E-state index in [0.29, 0.717) is 5.41 Å². The minimum Gasteiger partial charge on any atom is -0.126 e. The topological polar surface area (TPSA) is 0 Å². The molecule has 0 spiro atoms. The summed E-state index contributed by atoms with van der Waals surface area (Å²) in [5.74, 6) is 3.75. The van der Waals surface area contributed by atoms with Crippen LogP contribution in [0.5, 0.6) is 0 Å². The van der Waals surface area contributed by atoms with Crippen LogP contribution in [0.3, 0.4) is 0 Å². The number of fused-ring (bicyclic) bond motifs is 2. The van der Waals surface area contributed by atoms with E-state index in [-0.39, 0.29) is 0 Å². The standard InChI is InChI=1S/C13H23Cl/c1-3-4-10(2)13(9-14)8-11-5-6-12(13)7-11/h10-12H,3-9H2,1-2H3. The fraction of sp³-hybridized carbons (Fsp3) is 1.00. The number of rotatable bonds is 4. The van der Waals surface area contributed by atoms with Crippen molar-refractivity contribution >= 4 is 11.6 Å². The second-order valence-corrected chi connectivity index (χ2v) is 5.90. The van der Waals surface area contributed by atoms with Gasteiger partial charge >= 0.3 is 0 Å². The summed E-state index contributed by atoms with van der Waals surface area (Å²) in [7, 11) is 0. The van der Waals surface area contributed by atoms with Crippen molar-refractivity contribution in [1.82, 2.24) is 0 Å². The average molecular weight is 215 g/mol. The van der Waals surface area contributed by atoms with Crippen LogP contribution < -0.4 is 0 Å². The summed E-state index contributed by atoms with van der Waals surface area (Å²) in [6.45, 7) is 4.73. The van der Waals surface area contributed by atoms with Gasteiger partial charge in [0.05, 0.1) is 0 Å². The Balaban J connectivity index is 2.10. The maximum atomic E-state index is 6.29. The van der Waals surface area contributed by atoms with Crippen LogP contribution in [-0.2, 0) is 0 Å². The summed E-state index contributed by atoms with van der Waals surface area (Å²) in [6, 6.07) is 0. The Bertz CT molecular complexity index is 201. The van der Waals surface area contributed by atoms with E-state index in [2.05, 4.69) is 13.8 Å². The first-order chi connectivity index (χ1) is 6.73. The van der Waals surface area contributed by atoms with Gasteiger partial charge in [-0.1, -0.05) is 33.1 Å². The molecule has 4 unspecified atom stereocenters. The predicted molar refractivity (Wildman–Crippen MR) is 62.7 cm³/mol. The van der Waals surface area contributed by atoms with Gasteiger partial charge in [0.2, 0.25) is 0 Å². The van der Waals surface area contributed by atoms with Crippen LogP contribution in [0.1, 0.15) is 52.4 Å². The summed E-state index contributed by atoms with van der Waals surface area (Å²) in [4.78, 5) is 0. The lowest BCUT2D eigenvalue weighted by atomic mass is 9.65. The highest BCUT2D eigenvalue weighted by atomic mass is 35.5. The van der Waals surface area contributed by atoms with Crippen molar-refractivity contribution in [3.8, 4) is 0 Å². The summed E-state index contributed by atoms with van der Waals surface area (Å²) in [5.41, 5.74) is 0.528. The van der Waals surface area contributed by atoms with Crippen molar-refractivity contribution in [2.45, 2.75) is 52.4 Å². The fourth-order valence-corrected chi connectivity index (χ4v) is 4.70. The van der Waals surface area contributed by atoms with Gasteiger partial charge in [0.1, 0.15) is 0 Å². The van der Waals surface area contributed by atoms with Gasteiger partial charge in [-0.15, -0.1) is 11.6 Å². The lowest BCUT2D eigenvalue weighted by Crippen LogP contribution is -2.36. The number of alkyl halides is 1. The minimum absolute atomic E-state index is 0.528. The summed E-state index contributed by atoms with van der Waals surface area (Å²) in [5, 5.41) is 0. The molecule has 0 saturated heterocycles. The van der Waals surface area contributed by atoms with Gasteiger partial charge in [0.25, 0.3) is 0 Å². The quantitative estimate of drug-likeness (QED) is 0.606. The molecule has 1 heteroatoms. The van der Waals surface area contributed by atoms with Crippen LogP contribution in [0.15, 0.2) is 0 Å². The highest BCUT2D eigenvalue weighted by Crippen LogP contribution is 2.60. The van der Waals surface area contributed by atoms with Crippen molar-refractivity contribution in [3.05, 3.63) is 0 Å². The van der Waals surface area contributed by atoms with Gasteiger partial charge in [-0.25, -0.2) is 0 Å². The van der Waals surface area contributed by atoms with E-state index in [4.69, 9.17) is 11.6 Å². The molecule has 0 N–H and O–H groups in total. The molecular formula is C13H23Cl. The number of hydrogen-bond acceptors (Lipinski definition) is 0. The van der Waals surface area contributed by atoms with Crippen molar-refractivity contribution in [3.63, 3.8) is 0 Å². The van der Waals surface area contributed by atoms with Crippen LogP contribution in [-0.4, -0.2) is 5.88 Å². The molecular weight excluding hydrogens is 192 g/mol. The van der Waals surface area contributed by atoms with Gasteiger partial charge in [0.15, 0.2) is 0 Å². The third-order valence-electron chi connectivity index (χ3n) is 4.97. The minimum atomic E-state index is 0.528. The Morgan fingerprint density at radius 2 is 2.21 bits per heavy atom. The lowest BCUT2D eigenvalue weighted by molar-refractivity contribution is 0.105. The SMILES string of the molecule is CCCC(C)C1(CCl)CC2CCC1C2. The van der Waals surface area contributed by atoms with E-state index in [1.54, 1.807) is 0 Å². The molecule has 0 amide bonds. The van der Waals surface area contributed by atoms with Gasteiger partial charge in [-0.3, -0.25) is 0 Å². The van der Waals surface area contributed by atoms with E-state index in [9.17, 15) is 0 Å². The molecule has 0 heterocycles. The van der Waals surface area contributed by atoms with Gasteiger partial charge < -0.3 is 0 Å². The summed E-state index contributed by atoms with van der Waals surface area (Å²) < 4.78 is 0. The largest absolute Gasteiger partial charge is 0.126 e. The fourth-order valence-electron chi connectivity index (χ4n) is 4.11. The van der Waals surface area contributed by atoms with Crippen LogP contribution in [0, 0.1) is 23.2 Å². The molecule has 4 atom stereocenters. The second-order valence-electron chi connectivity index (χ2n) is 5.64. The zero-order valence-corrected chi connectivity index (χ0v) is 10.3. The molecule has 0 nitrogen and oxygen atoms in total. The molecule has 0 aromatic carbocycles. The first kappa shape index (κ1) is 10.8. The van der Waals surface area contributed by atoms with E-state index >= 15 is 0 Å². The number of halogens is 1. The first-order valence-electron chi connectivity index (χ1n) is 6.29. The molecule has 2 saturated carbocycles. The number of hydrogen-bond donors (Lipinski definition) is 0. The molecule has 2 bridgehead atoms. The molecule has 0 radical (unpaired) electrons. The summed E-state index contributed by atoms with van der Waals surface area (Å²) >= 11 is 6.29. The highest BCUT2D eigenvalue weighted by Gasteiger charge is 2.52. The van der Waals surface area contributed by atoms with Crippen molar-refractivity contribution in [2.75, 3.05) is 5.88 Å². The smallest absolute Gasteiger partial charge is 0.0285 e. The highest BCUT2D eigenvalue weighted by molar-refractivity contribution is 6.18. The van der Waals surface area contributed by atoms with Crippen LogP contribution in [0.4, 0.5) is 0 Å². The van der Waals surface area contributed by atoms with E-state index in [1.165, 1.54) is 38.5 Å². The first-order valence-corrected chi connectivity index (χ1v) is 6.82. The van der Waals surface area contributed by atoms with Crippen LogP contribution in [0.2, 0.25) is 0 Å². The van der Waals surface area contributed by atoms with Crippen molar-refractivity contribution in [1.29, 1.82) is 0 Å². The molecule has 2 rings (SSSR count). The third-order valence-corrected chi connectivity index (χ3v) is 5.47. The second kappa shape index (κ2) is 4.04. The molecule has 2 fully saturated rings. The Kier molecular flexibility index (Phi) is 3.12. The van der Waals surface area contributed by atoms with Crippen molar-refractivity contribution < 1.29 is 0 Å². The van der Waals surface area contributed by atoms with Gasteiger partial charge in [-0.2, -0.15) is 0 Å². The van der Waals surface area contributed by atoms with Crippen LogP contribution in [0.25, 0.3) is 0 Å². The molecule has 0 aromatic heterocycles. The Labute approximate surface area is 93.4 Å². The van der Waals surface area contributed by atoms with E-state index in [1.807, 2.05) is 0 Å². The normalized spacial score (nSPS) is 43.1. The summed E-state index contributed by atoms with van der Waals surface area (Å²) in [6.07, 6.45) is 8.56. The van der Waals surface area contributed by atoms with E-state index in [0.717, 1.165) is 23.6 Å². The molecule has 0 aliphatic heterocycles. The molecule has 2 aliphatic carbocycles. The monoisotopic (exact) mass is 214 g/mol. The predicted octanol–water partition coefficient (Wildman–Crippen LogP) is 4.47. The maximum absolute atomic E-state index is 6.29. The molecule has 14 heavy (non-hydrogen) atoms. The lowest BCUT2D eigenvalue weighted by Gasteiger charge is -2.41. The zero-order chi connectivity index (χ0) is 10.2. The third kappa shape index (κ3) is 1.50. The molecule has 82 valence electrons. The molecule has 0 aromatic rings.